The summed E-state index contributed by atoms with van der Waals surface area (Å²) < 4.78 is 5.64. The van der Waals surface area contributed by atoms with Gasteiger partial charge in [0.05, 0.1) is 13.1 Å². The van der Waals surface area contributed by atoms with Crippen LogP contribution < -0.4 is 5.73 Å². The maximum absolute atomic E-state index is 5.64. The maximum Gasteiger partial charge on any atom is 0.118 e. The smallest absolute Gasteiger partial charge is 0.118 e. The van der Waals surface area contributed by atoms with Gasteiger partial charge in [-0.15, -0.1) is 0 Å². The van der Waals surface area contributed by atoms with E-state index in [4.69, 9.17) is 10.2 Å². The van der Waals surface area contributed by atoms with Crippen LogP contribution >= 0.6 is 0 Å². The second-order valence-electron chi connectivity index (χ2n) is 4.65. The fourth-order valence-electron chi connectivity index (χ4n) is 1.76. The quantitative estimate of drug-likeness (QED) is 0.747. The third kappa shape index (κ3) is 5.35. The Morgan fingerprint density at radius 3 is 2.35 bits per heavy atom. The predicted molar refractivity (Wildman–Crippen MR) is 70.7 cm³/mol. The summed E-state index contributed by atoms with van der Waals surface area (Å²) in [6.45, 7) is 6.81. The number of hydrogen-bond donors (Lipinski definition) is 1. The standard InChI is InChI=1S/C13H25N3O/c1-4-7-16(9-8-15(2)3)11-13-6-5-12(10-14)17-13/h5-6H,4,7-11,14H2,1-3H3. The van der Waals surface area contributed by atoms with Gasteiger partial charge in [-0.25, -0.2) is 0 Å². The molecule has 0 bridgehead atoms. The Labute approximate surface area is 104 Å². The Morgan fingerprint density at radius 2 is 1.82 bits per heavy atom. The topological polar surface area (TPSA) is 45.6 Å². The zero-order valence-electron chi connectivity index (χ0n) is 11.3. The highest BCUT2D eigenvalue weighted by atomic mass is 16.3. The van der Waals surface area contributed by atoms with Crippen LogP contribution in [0.5, 0.6) is 0 Å². The summed E-state index contributed by atoms with van der Waals surface area (Å²) in [5.74, 6) is 1.88. The molecule has 0 amide bonds. The van der Waals surface area contributed by atoms with Crippen LogP contribution in [0.25, 0.3) is 0 Å². The molecular formula is C13H25N3O. The summed E-state index contributed by atoms with van der Waals surface area (Å²) in [5.41, 5.74) is 5.54. The van der Waals surface area contributed by atoms with Gasteiger partial charge in [0, 0.05) is 13.1 Å². The monoisotopic (exact) mass is 239 g/mol. The molecule has 0 unspecified atom stereocenters. The van der Waals surface area contributed by atoms with Gasteiger partial charge in [0.15, 0.2) is 0 Å². The van der Waals surface area contributed by atoms with Crippen molar-refractivity contribution in [3.8, 4) is 0 Å². The Kier molecular flexibility index (Phi) is 6.26. The first-order chi connectivity index (χ1) is 8.15. The largest absolute Gasteiger partial charge is 0.463 e. The third-order valence-electron chi connectivity index (χ3n) is 2.70. The van der Waals surface area contributed by atoms with E-state index in [1.807, 2.05) is 12.1 Å². The molecule has 1 heterocycles. The minimum absolute atomic E-state index is 0.478. The Bertz CT molecular complexity index is 309. The number of rotatable bonds is 8. The summed E-state index contributed by atoms with van der Waals surface area (Å²) in [7, 11) is 4.20. The van der Waals surface area contributed by atoms with E-state index in [2.05, 4.69) is 30.8 Å². The lowest BCUT2D eigenvalue weighted by molar-refractivity contribution is 0.217. The molecule has 0 fully saturated rings. The first kappa shape index (κ1) is 14.2. The molecule has 0 atom stereocenters. The molecule has 0 aliphatic carbocycles. The fraction of sp³-hybridized carbons (Fsp3) is 0.692. The average Bonchev–Trinajstić information content (AvgIpc) is 2.74. The zero-order valence-corrected chi connectivity index (χ0v) is 11.3. The van der Waals surface area contributed by atoms with Gasteiger partial charge >= 0.3 is 0 Å². The fourth-order valence-corrected chi connectivity index (χ4v) is 1.76. The van der Waals surface area contributed by atoms with Gasteiger partial charge in [0.1, 0.15) is 11.5 Å². The van der Waals surface area contributed by atoms with Crippen LogP contribution in [0.3, 0.4) is 0 Å². The van der Waals surface area contributed by atoms with Crippen molar-refractivity contribution in [1.29, 1.82) is 0 Å². The first-order valence-corrected chi connectivity index (χ1v) is 6.30. The summed E-state index contributed by atoms with van der Waals surface area (Å²) in [6.07, 6.45) is 1.16. The highest BCUT2D eigenvalue weighted by Gasteiger charge is 2.08. The van der Waals surface area contributed by atoms with Gasteiger partial charge in [-0.1, -0.05) is 6.92 Å². The van der Waals surface area contributed by atoms with E-state index < -0.39 is 0 Å². The molecular weight excluding hydrogens is 214 g/mol. The van der Waals surface area contributed by atoms with Crippen LogP contribution in [-0.2, 0) is 13.1 Å². The van der Waals surface area contributed by atoms with Gasteiger partial charge in [-0.2, -0.15) is 0 Å². The van der Waals surface area contributed by atoms with Crippen LogP contribution in [-0.4, -0.2) is 43.5 Å². The van der Waals surface area contributed by atoms with Crippen molar-refractivity contribution >= 4 is 0 Å². The Hall–Kier alpha value is -0.840. The predicted octanol–water partition coefficient (Wildman–Crippen LogP) is 1.51. The summed E-state index contributed by atoms with van der Waals surface area (Å²) in [4.78, 5) is 4.62. The average molecular weight is 239 g/mol. The van der Waals surface area contributed by atoms with Crippen LogP contribution in [0.2, 0.25) is 0 Å². The van der Waals surface area contributed by atoms with Crippen LogP contribution in [0.1, 0.15) is 24.9 Å². The van der Waals surface area contributed by atoms with Crippen LogP contribution in [0, 0.1) is 0 Å². The van der Waals surface area contributed by atoms with E-state index in [0.29, 0.717) is 6.54 Å². The third-order valence-corrected chi connectivity index (χ3v) is 2.70. The summed E-state index contributed by atoms with van der Waals surface area (Å²) in [5, 5.41) is 0. The van der Waals surface area contributed by atoms with E-state index in [0.717, 1.165) is 44.1 Å². The molecule has 0 radical (unpaired) electrons. The number of nitrogens with two attached hydrogens (primary N) is 1. The van der Waals surface area contributed by atoms with Crippen LogP contribution in [0.4, 0.5) is 0 Å². The van der Waals surface area contributed by atoms with E-state index in [-0.39, 0.29) is 0 Å². The summed E-state index contributed by atoms with van der Waals surface area (Å²) in [6, 6.07) is 3.99. The molecule has 1 rings (SSSR count). The normalized spacial score (nSPS) is 11.6. The van der Waals surface area contributed by atoms with E-state index in [9.17, 15) is 0 Å². The van der Waals surface area contributed by atoms with Crippen molar-refractivity contribution in [1.82, 2.24) is 9.80 Å². The molecule has 0 saturated heterocycles. The highest BCUT2D eigenvalue weighted by molar-refractivity contribution is 5.06. The van der Waals surface area contributed by atoms with Crippen molar-refractivity contribution in [3.05, 3.63) is 23.7 Å². The molecule has 1 aromatic rings. The maximum atomic E-state index is 5.64. The zero-order chi connectivity index (χ0) is 12.7. The van der Waals surface area contributed by atoms with Crippen molar-refractivity contribution in [2.75, 3.05) is 33.7 Å². The lowest BCUT2D eigenvalue weighted by atomic mass is 10.3. The second-order valence-corrected chi connectivity index (χ2v) is 4.65. The van der Waals surface area contributed by atoms with E-state index >= 15 is 0 Å². The summed E-state index contributed by atoms with van der Waals surface area (Å²) >= 11 is 0. The van der Waals surface area contributed by atoms with E-state index in [1.165, 1.54) is 0 Å². The lowest BCUT2D eigenvalue weighted by Gasteiger charge is -2.22. The van der Waals surface area contributed by atoms with Gasteiger partial charge in [0.2, 0.25) is 0 Å². The van der Waals surface area contributed by atoms with Crippen molar-refractivity contribution in [2.45, 2.75) is 26.4 Å². The Balaban J connectivity index is 2.47. The SMILES string of the molecule is CCCN(CCN(C)C)Cc1ccc(CN)o1. The number of likely N-dealkylation sites (N-methyl/N-ethyl adjacent to an activating group) is 1. The molecule has 17 heavy (non-hydrogen) atoms. The molecule has 0 aromatic carbocycles. The van der Waals surface area contributed by atoms with E-state index in [1.54, 1.807) is 0 Å². The number of furan rings is 1. The van der Waals surface area contributed by atoms with Gasteiger partial charge in [0.25, 0.3) is 0 Å². The number of hydrogen-bond acceptors (Lipinski definition) is 4. The minimum Gasteiger partial charge on any atom is -0.463 e. The van der Waals surface area contributed by atoms with Crippen molar-refractivity contribution in [3.63, 3.8) is 0 Å². The molecule has 0 saturated carbocycles. The van der Waals surface area contributed by atoms with Gasteiger partial charge in [-0.05, 0) is 39.2 Å². The molecule has 4 heteroatoms. The highest BCUT2D eigenvalue weighted by Crippen LogP contribution is 2.10. The second kappa shape index (κ2) is 7.48. The minimum atomic E-state index is 0.478. The molecule has 0 aliphatic rings. The number of nitrogens with zero attached hydrogens (tertiary/aromatic N) is 2. The molecule has 0 spiro atoms. The van der Waals surface area contributed by atoms with Crippen molar-refractivity contribution < 1.29 is 4.42 Å². The van der Waals surface area contributed by atoms with Gasteiger partial charge in [-0.3, -0.25) is 4.90 Å². The molecule has 98 valence electrons. The lowest BCUT2D eigenvalue weighted by Crippen LogP contribution is -2.31. The molecule has 0 aliphatic heterocycles. The van der Waals surface area contributed by atoms with Gasteiger partial charge < -0.3 is 15.1 Å². The first-order valence-electron chi connectivity index (χ1n) is 6.30. The molecule has 1 aromatic heterocycles. The molecule has 2 N–H and O–H groups in total. The molecule has 4 nitrogen and oxygen atoms in total. The Morgan fingerprint density at radius 1 is 1.12 bits per heavy atom. The van der Waals surface area contributed by atoms with Crippen LogP contribution in [0.15, 0.2) is 16.5 Å². The van der Waals surface area contributed by atoms with Crippen molar-refractivity contribution in [2.24, 2.45) is 5.73 Å².